The second-order valence-corrected chi connectivity index (χ2v) is 10.5. The van der Waals surface area contributed by atoms with E-state index in [1.54, 1.807) is 11.3 Å². The number of rotatable bonds is 9. The Morgan fingerprint density at radius 1 is 1.11 bits per heavy atom. The fraction of sp³-hybridized carbons (Fsp3) is 0.423. The van der Waals surface area contributed by atoms with Gasteiger partial charge in [0.2, 0.25) is 11.9 Å². The monoisotopic (exact) mass is 490 g/mol. The first-order chi connectivity index (χ1) is 17.1. The van der Waals surface area contributed by atoms with Gasteiger partial charge in [-0.25, -0.2) is 4.98 Å². The fourth-order valence-electron chi connectivity index (χ4n) is 5.64. The number of primary amides is 1. The van der Waals surface area contributed by atoms with E-state index >= 15 is 0 Å². The zero-order valence-electron chi connectivity index (χ0n) is 19.5. The van der Waals surface area contributed by atoms with Gasteiger partial charge in [-0.1, -0.05) is 12.2 Å². The zero-order chi connectivity index (χ0) is 23.8. The molecule has 6 rings (SSSR count). The van der Waals surface area contributed by atoms with Crippen LogP contribution in [0.15, 0.2) is 47.9 Å². The highest BCUT2D eigenvalue weighted by Gasteiger charge is 2.47. The standard InChI is InChI=1S/C26H30N6O2S/c27-24(33)21-16-3-4-17(15-16)22(21)30-25-23-20(9-14-35-23)29-26(31-25)28-18-5-7-19(8-6-18)34-13-12-32-10-1-2-11-32/h3-9,14,16-17,21-22H,1-2,10-13,15H2,(H2,27,33)(H2,28,29,30,31)/t16?,17?,21-,22+/m0/s1. The van der Waals surface area contributed by atoms with Crippen molar-refractivity contribution in [3.63, 3.8) is 0 Å². The van der Waals surface area contributed by atoms with E-state index in [0.717, 1.165) is 40.4 Å². The Hall–Kier alpha value is -3.17. The van der Waals surface area contributed by atoms with Crippen LogP contribution >= 0.6 is 11.3 Å². The highest BCUT2D eigenvalue weighted by molar-refractivity contribution is 7.17. The lowest BCUT2D eigenvalue weighted by atomic mass is 9.88. The third-order valence-electron chi connectivity index (χ3n) is 7.38. The van der Waals surface area contributed by atoms with Crippen LogP contribution in [0.5, 0.6) is 5.75 Å². The van der Waals surface area contributed by atoms with Gasteiger partial charge in [-0.05, 0) is 79.9 Å². The molecular weight excluding hydrogens is 460 g/mol. The SMILES string of the molecule is NC(=O)[C@H]1C2C=CC(C2)[C@H]1Nc1nc(Nc2ccc(OCCN3CCCC3)cc2)nc2ccsc12. The van der Waals surface area contributed by atoms with Crippen molar-refractivity contribution in [3.05, 3.63) is 47.9 Å². The van der Waals surface area contributed by atoms with Crippen LogP contribution < -0.4 is 21.1 Å². The molecule has 1 saturated carbocycles. The van der Waals surface area contributed by atoms with Crippen LogP contribution in [0.2, 0.25) is 0 Å². The molecule has 0 radical (unpaired) electrons. The summed E-state index contributed by atoms with van der Waals surface area (Å²) in [6.07, 6.45) is 7.87. The van der Waals surface area contributed by atoms with Crippen molar-refractivity contribution in [2.75, 3.05) is 36.9 Å². The minimum absolute atomic E-state index is 0.0486. The minimum atomic E-state index is -0.253. The second kappa shape index (κ2) is 9.47. The number of nitrogens with one attached hydrogen (secondary N) is 2. The average Bonchev–Trinajstić information content (AvgIpc) is 3.65. The number of anilines is 3. The van der Waals surface area contributed by atoms with Crippen LogP contribution in [0.1, 0.15) is 19.3 Å². The molecule has 35 heavy (non-hydrogen) atoms. The van der Waals surface area contributed by atoms with Crippen LogP contribution in [-0.2, 0) is 4.79 Å². The molecular formula is C26H30N6O2S. The van der Waals surface area contributed by atoms with Gasteiger partial charge >= 0.3 is 0 Å². The van der Waals surface area contributed by atoms with Crippen molar-refractivity contribution in [3.8, 4) is 5.75 Å². The Kier molecular flexibility index (Phi) is 6.03. The topological polar surface area (TPSA) is 105 Å². The number of ether oxygens (including phenoxy) is 1. The summed E-state index contributed by atoms with van der Waals surface area (Å²) in [6, 6.07) is 9.82. The number of nitrogens with two attached hydrogens (primary N) is 1. The molecule has 0 spiro atoms. The molecule has 1 aliphatic heterocycles. The van der Waals surface area contributed by atoms with Crippen LogP contribution in [0, 0.1) is 17.8 Å². The van der Waals surface area contributed by atoms with E-state index in [9.17, 15) is 4.79 Å². The molecule has 3 heterocycles. The molecule has 8 nitrogen and oxygen atoms in total. The number of amides is 1. The summed E-state index contributed by atoms with van der Waals surface area (Å²) in [4.78, 5) is 24.1. The predicted octanol–water partition coefficient (Wildman–Crippen LogP) is 4.00. The van der Waals surface area contributed by atoms with E-state index in [4.69, 9.17) is 15.5 Å². The highest BCUT2D eigenvalue weighted by Crippen LogP contribution is 2.45. The number of nitrogens with zero attached hydrogens (tertiary/aromatic N) is 3. The molecule has 1 amide bonds. The lowest BCUT2D eigenvalue weighted by molar-refractivity contribution is -0.122. The molecule has 9 heteroatoms. The zero-order valence-corrected chi connectivity index (χ0v) is 20.3. The number of likely N-dealkylation sites (tertiary alicyclic amines) is 1. The number of carbonyl (C=O) groups is 1. The second-order valence-electron chi connectivity index (χ2n) is 9.62. The number of aromatic nitrogens is 2. The summed E-state index contributed by atoms with van der Waals surface area (Å²) in [5.41, 5.74) is 7.51. The van der Waals surface area contributed by atoms with E-state index in [1.807, 2.05) is 35.7 Å². The number of hydrogen-bond acceptors (Lipinski definition) is 8. The molecule has 2 bridgehead atoms. The van der Waals surface area contributed by atoms with Gasteiger partial charge in [0, 0.05) is 18.3 Å². The molecule has 2 aromatic heterocycles. The Bertz CT molecular complexity index is 1240. The Morgan fingerprint density at radius 3 is 2.71 bits per heavy atom. The van der Waals surface area contributed by atoms with Crippen LogP contribution in [0.4, 0.5) is 17.5 Å². The van der Waals surface area contributed by atoms with Gasteiger partial charge in [0.05, 0.1) is 16.1 Å². The molecule has 2 aliphatic carbocycles. The van der Waals surface area contributed by atoms with Crippen LogP contribution in [-0.4, -0.2) is 53.1 Å². The van der Waals surface area contributed by atoms with Gasteiger partial charge in [0.15, 0.2) is 0 Å². The van der Waals surface area contributed by atoms with Crippen molar-refractivity contribution in [2.24, 2.45) is 23.5 Å². The Morgan fingerprint density at radius 2 is 1.91 bits per heavy atom. The first kappa shape index (κ1) is 22.3. The minimum Gasteiger partial charge on any atom is -0.492 e. The average molecular weight is 491 g/mol. The maximum absolute atomic E-state index is 12.2. The fourth-order valence-corrected chi connectivity index (χ4v) is 6.43. The molecule has 2 fully saturated rings. The van der Waals surface area contributed by atoms with E-state index in [0.29, 0.717) is 12.6 Å². The number of carbonyl (C=O) groups excluding carboxylic acids is 1. The molecule has 1 saturated heterocycles. The molecule has 3 aliphatic rings. The highest BCUT2D eigenvalue weighted by atomic mass is 32.1. The summed E-state index contributed by atoms with van der Waals surface area (Å²) in [5.74, 6) is 2.14. The number of benzene rings is 1. The van der Waals surface area contributed by atoms with E-state index in [1.165, 1.54) is 25.9 Å². The predicted molar refractivity (Wildman–Crippen MR) is 139 cm³/mol. The summed E-state index contributed by atoms with van der Waals surface area (Å²) in [6.45, 7) is 4.03. The normalized spacial score (nSPS) is 25.4. The number of hydrogen-bond donors (Lipinski definition) is 3. The van der Waals surface area contributed by atoms with Crippen molar-refractivity contribution in [1.82, 2.24) is 14.9 Å². The van der Waals surface area contributed by atoms with E-state index in [-0.39, 0.29) is 29.7 Å². The van der Waals surface area contributed by atoms with E-state index in [2.05, 4.69) is 32.7 Å². The maximum Gasteiger partial charge on any atom is 0.229 e. The summed E-state index contributed by atoms with van der Waals surface area (Å²) < 4.78 is 6.89. The molecule has 2 unspecified atom stereocenters. The number of fused-ring (bicyclic) bond motifs is 3. The summed E-state index contributed by atoms with van der Waals surface area (Å²) in [5, 5.41) is 8.89. The molecule has 4 atom stereocenters. The van der Waals surface area contributed by atoms with Crippen molar-refractivity contribution < 1.29 is 9.53 Å². The van der Waals surface area contributed by atoms with Gasteiger partial charge in [-0.15, -0.1) is 11.3 Å². The summed E-state index contributed by atoms with van der Waals surface area (Å²) >= 11 is 1.59. The third kappa shape index (κ3) is 4.58. The van der Waals surface area contributed by atoms with Crippen molar-refractivity contribution in [1.29, 1.82) is 0 Å². The molecule has 4 N–H and O–H groups in total. The smallest absolute Gasteiger partial charge is 0.229 e. The molecule has 1 aromatic carbocycles. The van der Waals surface area contributed by atoms with Crippen LogP contribution in [0.25, 0.3) is 10.2 Å². The van der Waals surface area contributed by atoms with Gasteiger partial charge in [-0.2, -0.15) is 4.98 Å². The van der Waals surface area contributed by atoms with Gasteiger partial charge < -0.3 is 21.1 Å². The molecule has 3 aromatic rings. The molecule has 182 valence electrons. The van der Waals surface area contributed by atoms with Gasteiger partial charge in [0.25, 0.3) is 0 Å². The maximum atomic E-state index is 12.2. The lowest BCUT2D eigenvalue weighted by Crippen LogP contribution is -2.41. The Balaban J connectivity index is 1.15. The van der Waals surface area contributed by atoms with Crippen molar-refractivity contribution >= 4 is 44.9 Å². The summed E-state index contributed by atoms with van der Waals surface area (Å²) in [7, 11) is 0. The Labute approximate surface area is 208 Å². The quantitative estimate of drug-likeness (QED) is 0.389. The third-order valence-corrected chi connectivity index (χ3v) is 8.29. The number of thiophene rings is 1. The van der Waals surface area contributed by atoms with E-state index < -0.39 is 0 Å². The largest absolute Gasteiger partial charge is 0.492 e. The van der Waals surface area contributed by atoms with Crippen LogP contribution in [0.3, 0.4) is 0 Å². The first-order valence-electron chi connectivity index (χ1n) is 12.4. The first-order valence-corrected chi connectivity index (χ1v) is 13.2. The van der Waals surface area contributed by atoms with Crippen molar-refractivity contribution in [2.45, 2.75) is 25.3 Å². The number of allylic oxidation sites excluding steroid dienone is 1. The lowest BCUT2D eigenvalue weighted by Gasteiger charge is -2.27. The van der Waals surface area contributed by atoms with Gasteiger partial charge in [-0.3, -0.25) is 9.69 Å². The van der Waals surface area contributed by atoms with Gasteiger partial charge in [0.1, 0.15) is 18.2 Å².